The molecule has 0 atom stereocenters. The first-order valence-corrected chi connectivity index (χ1v) is 9.47. The van der Waals surface area contributed by atoms with Gasteiger partial charge in [-0.25, -0.2) is 0 Å². The summed E-state index contributed by atoms with van der Waals surface area (Å²) in [6.07, 6.45) is 9.30. The van der Waals surface area contributed by atoms with E-state index in [0.29, 0.717) is 10.0 Å². The highest BCUT2D eigenvalue weighted by molar-refractivity contribution is 6.36. The molecule has 1 aromatic carbocycles. The van der Waals surface area contributed by atoms with E-state index in [1.807, 2.05) is 12.1 Å². The summed E-state index contributed by atoms with van der Waals surface area (Å²) in [5.74, 6) is 0.931. The Balaban J connectivity index is 1.72. The number of guanidine groups is 1. The fourth-order valence-electron chi connectivity index (χ4n) is 2.79. The molecular weight excluding hydrogens is 329 g/mol. The van der Waals surface area contributed by atoms with Gasteiger partial charge in [0, 0.05) is 18.1 Å². The Hall–Kier alpha value is -0.930. The maximum atomic E-state index is 6.22. The zero-order chi connectivity index (χ0) is 16.5. The molecule has 0 spiro atoms. The molecule has 0 saturated heterocycles. The number of unbranched alkanes of at least 4 members (excludes halogenated alkanes) is 6. The Bertz CT molecular complexity index is 517. The van der Waals surface area contributed by atoms with Gasteiger partial charge in [-0.3, -0.25) is 4.99 Å². The summed E-state index contributed by atoms with van der Waals surface area (Å²) in [5, 5.41) is 4.62. The van der Waals surface area contributed by atoms with E-state index in [2.05, 4.69) is 22.1 Å². The molecule has 1 aromatic rings. The van der Waals surface area contributed by atoms with E-state index < -0.39 is 0 Å². The fraction of sp³-hybridized carbons (Fsp3) is 0.611. The van der Waals surface area contributed by atoms with E-state index in [9.17, 15) is 0 Å². The van der Waals surface area contributed by atoms with Crippen molar-refractivity contribution in [3.8, 4) is 0 Å². The number of nitrogens with one attached hydrogen (secondary N) is 1. The Morgan fingerprint density at radius 2 is 1.83 bits per heavy atom. The highest BCUT2D eigenvalue weighted by Crippen LogP contribution is 2.26. The monoisotopic (exact) mass is 355 g/mol. The molecule has 128 valence electrons. The molecular formula is C18H27Cl2N3. The van der Waals surface area contributed by atoms with Crippen LogP contribution in [0.2, 0.25) is 10.0 Å². The maximum absolute atomic E-state index is 6.22. The molecule has 0 saturated carbocycles. The number of nitrogens with zero attached hydrogens (tertiary/aromatic N) is 2. The molecule has 0 amide bonds. The summed E-state index contributed by atoms with van der Waals surface area (Å²) in [5.41, 5.74) is 0.862. The van der Waals surface area contributed by atoms with Crippen LogP contribution in [0, 0.1) is 0 Å². The molecule has 23 heavy (non-hydrogen) atoms. The van der Waals surface area contributed by atoms with Crippen LogP contribution in [-0.2, 0) is 0 Å². The lowest BCUT2D eigenvalue weighted by atomic mass is 10.1. The zero-order valence-electron chi connectivity index (χ0n) is 14.0. The number of halogens is 2. The van der Waals surface area contributed by atoms with Gasteiger partial charge in [0.25, 0.3) is 0 Å². The van der Waals surface area contributed by atoms with Crippen LogP contribution in [0.1, 0.15) is 51.9 Å². The Labute approximate surface area is 150 Å². The van der Waals surface area contributed by atoms with E-state index in [4.69, 9.17) is 23.2 Å². The lowest BCUT2D eigenvalue weighted by Crippen LogP contribution is -2.34. The third-order valence-corrected chi connectivity index (χ3v) is 4.69. The van der Waals surface area contributed by atoms with Crippen molar-refractivity contribution in [3.05, 3.63) is 28.2 Å². The minimum absolute atomic E-state index is 0.628. The fourth-order valence-corrected chi connectivity index (χ4v) is 3.25. The molecule has 1 aliphatic heterocycles. The molecule has 0 bridgehead atoms. The highest BCUT2D eigenvalue weighted by atomic mass is 35.5. The SMILES string of the molecule is CCCCCCCCCN1CCN=C1Nc1ccc(Cl)cc1Cl. The first-order valence-electron chi connectivity index (χ1n) is 8.72. The molecule has 0 fully saturated rings. The summed E-state index contributed by atoms with van der Waals surface area (Å²) >= 11 is 12.2. The van der Waals surface area contributed by atoms with Gasteiger partial charge in [-0.2, -0.15) is 0 Å². The lowest BCUT2D eigenvalue weighted by molar-refractivity contribution is 0.430. The molecule has 0 radical (unpaired) electrons. The van der Waals surface area contributed by atoms with Crippen molar-refractivity contribution in [2.45, 2.75) is 51.9 Å². The van der Waals surface area contributed by atoms with Crippen molar-refractivity contribution in [2.24, 2.45) is 4.99 Å². The Kier molecular flexibility index (Phi) is 8.04. The molecule has 1 N–H and O–H groups in total. The quantitative estimate of drug-likeness (QED) is 0.564. The standard InChI is InChI=1S/C18H27Cl2N3/c1-2-3-4-5-6-7-8-12-23-13-11-21-18(23)22-17-10-9-15(19)14-16(17)20/h9-10,14H,2-8,11-13H2,1H3,(H,21,22). The topological polar surface area (TPSA) is 27.6 Å². The largest absolute Gasteiger partial charge is 0.341 e. The predicted octanol–water partition coefficient (Wildman–Crippen LogP) is 5.83. The van der Waals surface area contributed by atoms with Crippen molar-refractivity contribution >= 4 is 34.8 Å². The van der Waals surface area contributed by atoms with Gasteiger partial charge in [-0.1, -0.05) is 68.7 Å². The van der Waals surface area contributed by atoms with E-state index >= 15 is 0 Å². The lowest BCUT2D eigenvalue weighted by Gasteiger charge is -2.21. The molecule has 1 heterocycles. The predicted molar refractivity (Wildman–Crippen MR) is 102 cm³/mol. The van der Waals surface area contributed by atoms with Gasteiger partial charge in [-0.05, 0) is 24.6 Å². The van der Waals surface area contributed by atoms with Crippen LogP contribution in [0.3, 0.4) is 0 Å². The summed E-state index contributed by atoms with van der Waals surface area (Å²) in [4.78, 5) is 6.87. The van der Waals surface area contributed by atoms with Crippen LogP contribution in [0.15, 0.2) is 23.2 Å². The number of rotatable bonds is 9. The molecule has 0 unspecified atom stereocenters. The minimum Gasteiger partial charge on any atom is -0.341 e. The van der Waals surface area contributed by atoms with Crippen LogP contribution in [0.4, 0.5) is 5.69 Å². The molecule has 3 nitrogen and oxygen atoms in total. The number of hydrogen-bond acceptors (Lipinski definition) is 3. The van der Waals surface area contributed by atoms with Gasteiger partial charge in [-0.15, -0.1) is 0 Å². The summed E-state index contributed by atoms with van der Waals surface area (Å²) in [6, 6.07) is 5.49. The number of hydrogen-bond donors (Lipinski definition) is 1. The van der Waals surface area contributed by atoms with Crippen LogP contribution in [0.25, 0.3) is 0 Å². The first-order chi connectivity index (χ1) is 11.2. The van der Waals surface area contributed by atoms with Gasteiger partial charge in [0.1, 0.15) is 0 Å². The normalized spacial score (nSPS) is 14.2. The van der Waals surface area contributed by atoms with Gasteiger partial charge in [0.2, 0.25) is 0 Å². The average molecular weight is 356 g/mol. The van der Waals surface area contributed by atoms with Gasteiger partial charge in [0.15, 0.2) is 5.96 Å². The van der Waals surface area contributed by atoms with E-state index in [0.717, 1.165) is 31.3 Å². The maximum Gasteiger partial charge on any atom is 0.198 e. The molecule has 0 aliphatic carbocycles. The first kappa shape index (κ1) is 18.4. The van der Waals surface area contributed by atoms with Crippen LogP contribution >= 0.6 is 23.2 Å². The smallest absolute Gasteiger partial charge is 0.198 e. The van der Waals surface area contributed by atoms with Gasteiger partial charge < -0.3 is 10.2 Å². The molecule has 5 heteroatoms. The summed E-state index contributed by atoms with van der Waals surface area (Å²) in [7, 11) is 0. The van der Waals surface area contributed by atoms with Crippen molar-refractivity contribution < 1.29 is 0 Å². The van der Waals surface area contributed by atoms with Crippen molar-refractivity contribution in [3.63, 3.8) is 0 Å². The average Bonchev–Trinajstić information content (AvgIpc) is 2.96. The van der Waals surface area contributed by atoms with Crippen LogP contribution in [-0.4, -0.2) is 30.5 Å². The summed E-state index contributed by atoms with van der Waals surface area (Å²) in [6.45, 7) is 5.16. The number of aliphatic imine (C=N–C) groups is 1. The van der Waals surface area contributed by atoms with Crippen molar-refractivity contribution in [1.29, 1.82) is 0 Å². The van der Waals surface area contributed by atoms with E-state index in [-0.39, 0.29) is 0 Å². The molecule has 2 rings (SSSR count). The van der Waals surface area contributed by atoms with Gasteiger partial charge >= 0.3 is 0 Å². The molecule has 0 aromatic heterocycles. The van der Waals surface area contributed by atoms with Crippen LogP contribution < -0.4 is 5.32 Å². The second-order valence-electron chi connectivity index (χ2n) is 6.06. The summed E-state index contributed by atoms with van der Waals surface area (Å²) < 4.78 is 0. The van der Waals surface area contributed by atoms with E-state index in [1.54, 1.807) is 6.07 Å². The minimum atomic E-state index is 0.628. The molecule has 1 aliphatic rings. The van der Waals surface area contributed by atoms with Gasteiger partial charge in [0.05, 0.1) is 17.3 Å². The highest BCUT2D eigenvalue weighted by Gasteiger charge is 2.17. The second-order valence-corrected chi connectivity index (χ2v) is 6.91. The van der Waals surface area contributed by atoms with Crippen LogP contribution in [0.5, 0.6) is 0 Å². The third kappa shape index (κ3) is 6.23. The Morgan fingerprint density at radius 1 is 1.09 bits per heavy atom. The zero-order valence-corrected chi connectivity index (χ0v) is 15.5. The van der Waals surface area contributed by atoms with Crippen molar-refractivity contribution in [1.82, 2.24) is 4.90 Å². The second kappa shape index (κ2) is 10.0. The number of benzene rings is 1. The Morgan fingerprint density at radius 3 is 2.57 bits per heavy atom. The number of anilines is 1. The van der Waals surface area contributed by atoms with E-state index in [1.165, 1.54) is 44.9 Å². The third-order valence-electron chi connectivity index (χ3n) is 4.14. The van der Waals surface area contributed by atoms with Crippen molar-refractivity contribution in [2.75, 3.05) is 25.0 Å².